The topological polar surface area (TPSA) is 75.4 Å². The summed E-state index contributed by atoms with van der Waals surface area (Å²) < 4.78 is 0. The number of aliphatic hydroxyl groups is 1. The Morgan fingerprint density at radius 2 is 2.00 bits per heavy atom. The molecule has 0 aliphatic rings. The minimum Gasteiger partial charge on any atom is -0.391 e. The van der Waals surface area contributed by atoms with E-state index in [0.717, 1.165) is 0 Å². The first kappa shape index (κ1) is 13.1. The van der Waals surface area contributed by atoms with Gasteiger partial charge in [0.15, 0.2) is 0 Å². The van der Waals surface area contributed by atoms with Gasteiger partial charge in [0.05, 0.1) is 6.10 Å². The number of nitrogens with one attached hydrogen (secondary N) is 1. The maximum atomic E-state index is 11.4. The average Bonchev–Trinajstić information content (AvgIpc) is 2.11. The Balaban J connectivity index is 4.22. The zero-order chi connectivity index (χ0) is 11.3. The second-order valence-corrected chi connectivity index (χ2v) is 3.78. The predicted octanol–water partition coefficient (Wildman–Crippen LogP) is 0.0213. The van der Waals surface area contributed by atoms with Gasteiger partial charge in [-0.05, 0) is 12.8 Å². The van der Waals surface area contributed by atoms with Gasteiger partial charge in [-0.1, -0.05) is 19.9 Å². The van der Waals surface area contributed by atoms with Gasteiger partial charge in [-0.15, -0.1) is 6.58 Å². The molecule has 14 heavy (non-hydrogen) atoms. The van der Waals surface area contributed by atoms with Crippen LogP contribution < -0.4 is 11.1 Å². The second-order valence-electron chi connectivity index (χ2n) is 3.78. The lowest BCUT2D eigenvalue weighted by atomic mass is 10.0. The smallest absolute Gasteiger partial charge is 0.240 e. The lowest BCUT2D eigenvalue weighted by molar-refractivity contribution is -0.125. The molecule has 0 aromatic rings. The highest BCUT2D eigenvalue weighted by Gasteiger charge is 2.21. The molecule has 1 amide bonds. The predicted molar refractivity (Wildman–Crippen MR) is 56.6 cm³/mol. The van der Waals surface area contributed by atoms with Crippen LogP contribution in [0.1, 0.15) is 20.8 Å². The van der Waals surface area contributed by atoms with Crippen molar-refractivity contribution in [1.29, 1.82) is 0 Å². The van der Waals surface area contributed by atoms with Crippen molar-refractivity contribution >= 4 is 5.91 Å². The molecule has 3 atom stereocenters. The molecule has 4 heteroatoms. The molecule has 3 unspecified atom stereocenters. The number of aliphatic hydroxyl groups excluding tert-OH is 1. The van der Waals surface area contributed by atoms with Gasteiger partial charge in [-0.3, -0.25) is 4.79 Å². The van der Waals surface area contributed by atoms with Crippen molar-refractivity contribution in [2.75, 3.05) is 0 Å². The third-order valence-electron chi connectivity index (χ3n) is 2.10. The van der Waals surface area contributed by atoms with Gasteiger partial charge in [-0.2, -0.15) is 0 Å². The van der Waals surface area contributed by atoms with Crippen molar-refractivity contribution in [2.24, 2.45) is 11.7 Å². The summed E-state index contributed by atoms with van der Waals surface area (Å²) >= 11 is 0. The zero-order valence-corrected chi connectivity index (χ0v) is 9.03. The molecule has 0 aromatic carbocycles. The Hall–Kier alpha value is -0.870. The molecule has 0 aliphatic carbocycles. The number of hydrogen-bond acceptors (Lipinski definition) is 3. The first-order chi connectivity index (χ1) is 6.40. The quantitative estimate of drug-likeness (QED) is 0.548. The summed E-state index contributed by atoms with van der Waals surface area (Å²) in [6.07, 6.45) is 0.824. The van der Waals surface area contributed by atoms with Gasteiger partial charge in [0.2, 0.25) is 5.91 Å². The van der Waals surface area contributed by atoms with Crippen molar-refractivity contribution in [3.05, 3.63) is 12.7 Å². The molecule has 0 bridgehead atoms. The summed E-state index contributed by atoms with van der Waals surface area (Å²) in [4.78, 5) is 11.4. The van der Waals surface area contributed by atoms with Gasteiger partial charge < -0.3 is 16.2 Å². The summed E-state index contributed by atoms with van der Waals surface area (Å²) in [5.41, 5.74) is 5.47. The molecule has 4 N–H and O–H groups in total. The van der Waals surface area contributed by atoms with Gasteiger partial charge in [0, 0.05) is 6.04 Å². The molecule has 0 spiro atoms. The Morgan fingerprint density at radius 1 is 1.50 bits per heavy atom. The third kappa shape index (κ3) is 3.89. The lowest BCUT2D eigenvalue weighted by Gasteiger charge is -2.22. The minimum atomic E-state index is -0.879. The van der Waals surface area contributed by atoms with E-state index < -0.39 is 12.1 Å². The van der Waals surface area contributed by atoms with Crippen LogP contribution in [0.2, 0.25) is 0 Å². The maximum Gasteiger partial charge on any atom is 0.240 e. The maximum absolute atomic E-state index is 11.4. The number of rotatable bonds is 5. The van der Waals surface area contributed by atoms with Crippen LogP contribution in [0, 0.1) is 5.92 Å². The summed E-state index contributed by atoms with van der Waals surface area (Å²) in [5.74, 6) is -0.0868. The first-order valence-electron chi connectivity index (χ1n) is 4.76. The van der Waals surface area contributed by atoms with Crippen LogP contribution >= 0.6 is 0 Å². The van der Waals surface area contributed by atoms with E-state index in [1.54, 1.807) is 6.08 Å². The fourth-order valence-corrected chi connectivity index (χ4v) is 0.977. The molecular weight excluding hydrogens is 180 g/mol. The monoisotopic (exact) mass is 200 g/mol. The van der Waals surface area contributed by atoms with E-state index in [0.29, 0.717) is 0 Å². The Bertz CT molecular complexity index is 202. The second kappa shape index (κ2) is 5.78. The number of carbonyl (C=O) groups is 1. The van der Waals surface area contributed by atoms with E-state index in [1.807, 2.05) is 13.8 Å². The first-order valence-corrected chi connectivity index (χ1v) is 4.76. The van der Waals surface area contributed by atoms with Gasteiger partial charge >= 0.3 is 0 Å². The van der Waals surface area contributed by atoms with E-state index in [1.165, 1.54) is 6.92 Å². The SMILES string of the molecule is C=CC(NC(=O)C(N)C(C)O)C(C)C. The van der Waals surface area contributed by atoms with Crippen molar-refractivity contribution < 1.29 is 9.90 Å². The Labute approximate surface area is 85.2 Å². The summed E-state index contributed by atoms with van der Waals surface area (Å²) in [5, 5.41) is 11.8. The van der Waals surface area contributed by atoms with E-state index in [2.05, 4.69) is 11.9 Å². The minimum absolute atomic E-state index is 0.104. The molecular formula is C10H20N2O2. The van der Waals surface area contributed by atoms with Crippen LogP contribution in [0.5, 0.6) is 0 Å². The molecule has 0 saturated heterocycles. The molecule has 0 radical (unpaired) electrons. The molecule has 0 saturated carbocycles. The van der Waals surface area contributed by atoms with Crippen molar-refractivity contribution in [3.63, 3.8) is 0 Å². The highest BCUT2D eigenvalue weighted by Crippen LogP contribution is 2.02. The van der Waals surface area contributed by atoms with E-state index >= 15 is 0 Å². The highest BCUT2D eigenvalue weighted by molar-refractivity contribution is 5.82. The van der Waals surface area contributed by atoms with Gasteiger partial charge in [-0.25, -0.2) is 0 Å². The zero-order valence-electron chi connectivity index (χ0n) is 9.03. The summed E-state index contributed by atoms with van der Waals surface area (Å²) in [6.45, 7) is 9.06. The molecule has 0 aromatic heterocycles. The van der Waals surface area contributed by atoms with Crippen LogP contribution in [-0.4, -0.2) is 29.2 Å². The standard InChI is InChI=1S/C10H20N2O2/c1-5-8(6(2)3)12-10(14)9(11)7(4)13/h5-9,13H,1,11H2,2-4H3,(H,12,14). The van der Waals surface area contributed by atoms with Crippen molar-refractivity contribution in [1.82, 2.24) is 5.32 Å². The van der Waals surface area contributed by atoms with Crippen LogP contribution in [0.4, 0.5) is 0 Å². The van der Waals surface area contributed by atoms with Crippen LogP contribution in [-0.2, 0) is 4.79 Å². The Morgan fingerprint density at radius 3 is 2.29 bits per heavy atom. The highest BCUT2D eigenvalue weighted by atomic mass is 16.3. The normalized spacial score (nSPS) is 17.3. The molecule has 0 heterocycles. The van der Waals surface area contributed by atoms with Crippen molar-refractivity contribution in [3.8, 4) is 0 Å². The van der Waals surface area contributed by atoms with E-state index in [4.69, 9.17) is 10.8 Å². The van der Waals surface area contributed by atoms with E-state index in [9.17, 15) is 4.79 Å². The molecule has 0 fully saturated rings. The average molecular weight is 200 g/mol. The number of amides is 1. The fourth-order valence-electron chi connectivity index (χ4n) is 0.977. The van der Waals surface area contributed by atoms with Crippen LogP contribution in [0.3, 0.4) is 0 Å². The van der Waals surface area contributed by atoms with Gasteiger partial charge in [0.25, 0.3) is 0 Å². The lowest BCUT2D eigenvalue weighted by Crippen LogP contribution is -2.50. The molecule has 0 aliphatic heterocycles. The number of nitrogens with two attached hydrogens (primary N) is 1. The summed E-state index contributed by atoms with van der Waals surface area (Å²) in [6, 6.07) is -0.983. The number of carbonyl (C=O) groups excluding carboxylic acids is 1. The van der Waals surface area contributed by atoms with Crippen LogP contribution in [0.15, 0.2) is 12.7 Å². The van der Waals surface area contributed by atoms with E-state index in [-0.39, 0.29) is 17.9 Å². The van der Waals surface area contributed by atoms with Crippen molar-refractivity contribution in [2.45, 2.75) is 39.0 Å². The largest absolute Gasteiger partial charge is 0.391 e. The fraction of sp³-hybridized carbons (Fsp3) is 0.700. The number of hydrogen-bond donors (Lipinski definition) is 3. The van der Waals surface area contributed by atoms with Crippen LogP contribution in [0.25, 0.3) is 0 Å². The summed E-state index contributed by atoms with van der Waals surface area (Å²) in [7, 11) is 0. The Kier molecular flexibility index (Phi) is 5.42. The molecule has 0 rings (SSSR count). The molecule has 82 valence electrons. The molecule has 4 nitrogen and oxygen atoms in total. The third-order valence-corrected chi connectivity index (χ3v) is 2.10. The van der Waals surface area contributed by atoms with Gasteiger partial charge in [0.1, 0.15) is 6.04 Å².